The predicted molar refractivity (Wildman–Crippen MR) is 69.9 cm³/mol. The summed E-state index contributed by atoms with van der Waals surface area (Å²) in [5.41, 5.74) is 1.00. The Morgan fingerprint density at radius 3 is 2.84 bits per heavy atom. The fourth-order valence-electron chi connectivity index (χ4n) is 2.15. The Morgan fingerprint density at radius 1 is 1.42 bits per heavy atom. The van der Waals surface area contributed by atoms with Crippen molar-refractivity contribution in [2.24, 2.45) is 5.92 Å². The number of benzene rings is 1. The van der Waals surface area contributed by atoms with Gasteiger partial charge in [-0.25, -0.2) is 4.79 Å². The second-order valence-corrected chi connectivity index (χ2v) is 4.53. The highest BCUT2D eigenvalue weighted by Crippen LogP contribution is 2.22. The average Bonchev–Trinajstić information content (AvgIpc) is 2.84. The summed E-state index contributed by atoms with van der Waals surface area (Å²) >= 11 is 0. The Hall–Kier alpha value is -1.88. The van der Waals surface area contributed by atoms with Crippen molar-refractivity contribution < 1.29 is 19.1 Å². The quantitative estimate of drug-likeness (QED) is 0.845. The second kappa shape index (κ2) is 5.84. The van der Waals surface area contributed by atoms with Crippen molar-refractivity contribution in [3.63, 3.8) is 0 Å². The molecule has 0 aromatic heterocycles. The van der Waals surface area contributed by atoms with Crippen molar-refractivity contribution in [2.45, 2.75) is 19.4 Å². The van der Waals surface area contributed by atoms with Gasteiger partial charge in [-0.1, -0.05) is 6.07 Å². The molecule has 1 aromatic carbocycles. The Kier molecular flexibility index (Phi) is 4.16. The molecule has 1 amide bonds. The zero-order valence-electron chi connectivity index (χ0n) is 11.0. The first-order valence-electron chi connectivity index (χ1n) is 6.22. The first-order valence-corrected chi connectivity index (χ1v) is 6.22. The average molecular weight is 263 g/mol. The molecule has 5 heteroatoms. The third kappa shape index (κ3) is 3.12. The molecule has 1 heterocycles. The standard InChI is InChI=1S/C14H17NO4/c1-9-12(6-7-19-9)13(16)15-11-5-3-4-10(8-11)14(17)18-2/h3-5,8-9,12H,6-7H2,1-2H3,(H,15,16). The zero-order valence-corrected chi connectivity index (χ0v) is 11.0. The molecular formula is C14H17NO4. The number of anilines is 1. The molecule has 1 saturated heterocycles. The van der Waals surface area contributed by atoms with Crippen LogP contribution in [-0.2, 0) is 14.3 Å². The molecule has 1 aliphatic heterocycles. The molecule has 0 saturated carbocycles. The van der Waals surface area contributed by atoms with E-state index >= 15 is 0 Å². The van der Waals surface area contributed by atoms with Crippen molar-refractivity contribution in [1.82, 2.24) is 0 Å². The number of rotatable bonds is 3. The summed E-state index contributed by atoms with van der Waals surface area (Å²) in [6.07, 6.45) is 0.660. The minimum Gasteiger partial charge on any atom is -0.465 e. The molecule has 102 valence electrons. The lowest BCUT2D eigenvalue weighted by Crippen LogP contribution is -2.27. The van der Waals surface area contributed by atoms with E-state index in [4.69, 9.17) is 4.74 Å². The molecule has 5 nitrogen and oxygen atoms in total. The number of methoxy groups -OCH3 is 1. The van der Waals surface area contributed by atoms with Crippen LogP contribution in [0, 0.1) is 5.92 Å². The van der Waals surface area contributed by atoms with Gasteiger partial charge in [-0.05, 0) is 31.5 Å². The van der Waals surface area contributed by atoms with Gasteiger partial charge in [0, 0.05) is 12.3 Å². The predicted octanol–water partition coefficient (Wildman–Crippen LogP) is 1.84. The van der Waals surface area contributed by atoms with Crippen LogP contribution in [0.4, 0.5) is 5.69 Å². The van der Waals surface area contributed by atoms with Crippen LogP contribution in [0.1, 0.15) is 23.7 Å². The van der Waals surface area contributed by atoms with E-state index in [-0.39, 0.29) is 17.9 Å². The van der Waals surface area contributed by atoms with Crippen LogP contribution >= 0.6 is 0 Å². The summed E-state index contributed by atoms with van der Waals surface area (Å²) in [5.74, 6) is -0.637. The van der Waals surface area contributed by atoms with Crippen molar-refractivity contribution in [1.29, 1.82) is 0 Å². The van der Waals surface area contributed by atoms with Gasteiger partial charge >= 0.3 is 5.97 Å². The summed E-state index contributed by atoms with van der Waals surface area (Å²) in [6.45, 7) is 2.50. The molecule has 1 fully saturated rings. The highest BCUT2D eigenvalue weighted by molar-refractivity contribution is 5.95. The first kappa shape index (κ1) is 13.5. The van der Waals surface area contributed by atoms with Crippen molar-refractivity contribution in [2.75, 3.05) is 19.0 Å². The minimum absolute atomic E-state index is 0.0659. The number of hydrogen-bond acceptors (Lipinski definition) is 4. The normalized spacial score (nSPS) is 22.0. The van der Waals surface area contributed by atoms with Crippen LogP contribution in [-0.4, -0.2) is 31.7 Å². The number of ether oxygens (including phenoxy) is 2. The maximum absolute atomic E-state index is 12.1. The van der Waals surface area contributed by atoms with E-state index < -0.39 is 5.97 Å². The van der Waals surface area contributed by atoms with Crippen LogP contribution in [0.2, 0.25) is 0 Å². The molecular weight excluding hydrogens is 246 g/mol. The van der Waals surface area contributed by atoms with E-state index in [9.17, 15) is 9.59 Å². The first-order chi connectivity index (χ1) is 9.11. The van der Waals surface area contributed by atoms with Crippen LogP contribution in [0.3, 0.4) is 0 Å². The van der Waals surface area contributed by atoms with Gasteiger partial charge in [0.2, 0.25) is 5.91 Å². The minimum atomic E-state index is -0.423. The molecule has 2 rings (SSSR count). The Bertz CT molecular complexity index is 486. The summed E-state index contributed by atoms with van der Waals surface area (Å²) in [6, 6.07) is 6.69. The highest BCUT2D eigenvalue weighted by atomic mass is 16.5. The largest absolute Gasteiger partial charge is 0.465 e. The number of carbonyl (C=O) groups excluding carboxylic acids is 2. The number of amides is 1. The number of nitrogens with one attached hydrogen (secondary N) is 1. The molecule has 1 N–H and O–H groups in total. The molecule has 19 heavy (non-hydrogen) atoms. The number of carbonyl (C=O) groups is 2. The van der Waals surface area contributed by atoms with Gasteiger partial charge in [-0.3, -0.25) is 4.79 Å². The molecule has 1 aliphatic rings. The lowest BCUT2D eigenvalue weighted by atomic mass is 10.0. The number of esters is 1. The fraction of sp³-hybridized carbons (Fsp3) is 0.429. The SMILES string of the molecule is COC(=O)c1cccc(NC(=O)C2CCOC2C)c1. The van der Waals surface area contributed by atoms with Gasteiger partial charge in [0.15, 0.2) is 0 Å². The third-order valence-corrected chi connectivity index (χ3v) is 3.26. The summed E-state index contributed by atoms with van der Waals surface area (Å²) in [7, 11) is 1.32. The Morgan fingerprint density at radius 2 is 2.21 bits per heavy atom. The molecule has 2 atom stereocenters. The lowest BCUT2D eigenvalue weighted by Gasteiger charge is -2.14. The molecule has 2 unspecified atom stereocenters. The number of hydrogen-bond donors (Lipinski definition) is 1. The fourth-order valence-corrected chi connectivity index (χ4v) is 2.15. The second-order valence-electron chi connectivity index (χ2n) is 4.53. The summed E-state index contributed by atoms with van der Waals surface area (Å²) in [4.78, 5) is 23.5. The molecule has 0 radical (unpaired) electrons. The van der Waals surface area contributed by atoms with Crippen LogP contribution in [0.15, 0.2) is 24.3 Å². The smallest absolute Gasteiger partial charge is 0.337 e. The van der Waals surface area contributed by atoms with E-state index in [0.717, 1.165) is 6.42 Å². The van der Waals surface area contributed by atoms with Crippen LogP contribution in [0.25, 0.3) is 0 Å². The van der Waals surface area contributed by atoms with Crippen molar-refractivity contribution in [3.8, 4) is 0 Å². The topological polar surface area (TPSA) is 64.6 Å². The van der Waals surface area contributed by atoms with Gasteiger partial charge in [-0.15, -0.1) is 0 Å². The maximum atomic E-state index is 12.1. The van der Waals surface area contributed by atoms with E-state index in [2.05, 4.69) is 10.1 Å². The van der Waals surface area contributed by atoms with Crippen LogP contribution in [0.5, 0.6) is 0 Å². The molecule has 0 bridgehead atoms. The van der Waals surface area contributed by atoms with E-state index in [1.807, 2.05) is 6.92 Å². The van der Waals surface area contributed by atoms with Gasteiger partial charge in [0.05, 0.1) is 24.7 Å². The Labute approximate surface area is 111 Å². The monoisotopic (exact) mass is 263 g/mol. The van der Waals surface area contributed by atoms with Gasteiger partial charge in [-0.2, -0.15) is 0 Å². The van der Waals surface area contributed by atoms with E-state index in [1.165, 1.54) is 7.11 Å². The van der Waals surface area contributed by atoms with Gasteiger partial charge in [0.1, 0.15) is 0 Å². The third-order valence-electron chi connectivity index (χ3n) is 3.26. The molecule has 0 aliphatic carbocycles. The summed E-state index contributed by atoms with van der Waals surface area (Å²) < 4.78 is 10.0. The molecule has 1 aromatic rings. The van der Waals surface area contributed by atoms with Crippen molar-refractivity contribution in [3.05, 3.63) is 29.8 Å². The van der Waals surface area contributed by atoms with Crippen molar-refractivity contribution >= 4 is 17.6 Å². The lowest BCUT2D eigenvalue weighted by molar-refractivity contribution is -0.121. The van der Waals surface area contributed by atoms with Crippen LogP contribution < -0.4 is 5.32 Å². The van der Waals surface area contributed by atoms with E-state index in [0.29, 0.717) is 17.9 Å². The molecule has 0 spiro atoms. The Balaban J connectivity index is 2.06. The van der Waals surface area contributed by atoms with Gasteiger partial charge in [0.25, 0.3) is 0 Å². The van der Waals surface area contributed by atoms with Gasteiger partial charge < -0.3 is 14.8 Å². The highest BCUT2D eigenvalue weighted by Gasteiger charge is 2.30. The summed E-state index contributed by atoms with van der Waals surface area (Å²) in [5, 5.41) is 2.81. The van der Waals surface area contributed by atoms with E-state index in [1.54, 1.807) is 24.3 Å². The maximum Gasteiger partial charge on any atom is 0.337 e. The zero-order chi connectivity index (χ0) is 13.8.